The first kappa shape index (κ1) is 26.5. The third-order valence-corrected chi connectivity index (χ3v) is 4.39. The molecular weight excluding hydrogens is 506 g/mol. The molecule has 0 spiro atoms. The minimum atomic E-state index is -4.36. The van der Waals surface area contributed by atoms with Crippen molar-refractivity contribution in [2.45, 2.75) is 32.5 Å². The maximum atomic E-state index is 12.5. The predicted molar refractivity (Wildman–Crippen MR) is 117 cm³/mol. The molecule has 1 aromatic rings. The summed E-state index contributed by atoms with van der Waals surface area (Å²) in [6, 6.07) is 4.51. The van der Waals surface area contributed by atoms with Crippen LogP contribution < -0.4 is 10.6 Å². The number of sulfone groups is 1. The van der Waals surface area contributed by atoms with Gasteiger partial charge in [0.25, 0.3) is 0 Å². The zero-order valence-electron chi connectivity index (χ0n) is 15.9. The highest BCUT2D eigenvalue weighted by Gasteiger charge is 2.29. The van der Waals surface area contributed by atoms with Gasteiger partial charge in [0.1, 0.15) is 16.4 Å². The van der Waals surface area contributed by atoms with Crippen LogP contribution in [0.3, 0.4) is 0 Å². The van der Waals surface area contributed by atoms with Gasteiger partial charge < -0.3 is 10.6 Å². The van der Waals surface area contributed by atoms with Gasteiger partial charge >= 0.3 is 6.18 Å². The number of alkyl halides is 3. The highest BCUT2D eigenvalue weighted by Crippen LogP contribution is 2.28. The lowest BCUT2D eigenvalue weighted by atomic mass is 10.1. The van der Waals surface area contributed by atoms with Gasteiger partial charge in [0.15, 0.2) is 5.96 Å². The standard InChI is InChI=1S/C18H24F3N3O2S.HI/c1-4-22-17(24-14(2)11-13-27(3,25)26)23-12-5-6-15-7-9-16(10-8-15)18(19,20)21;/h7-10,14H,4,11-13H2,1-3H3,(H2,22,23,24);1H. The molecule has 0 heterocycles. The van der Waals surface area contributed by atoms with Crippen molar-refractivity contribution in [2.75, 3.05) is 25.1 Å². The molecule has 0 aliphatic carbocycles. The first-order chi connectivity index (χ1) is 12.5. The normalized spacial score (nSPS) is 13.0. The van der Waals surface area contributed by atoms with Gasteiger partial charge in [-0.1, -0.05) is 11.8 Å². The van der Waals surface area contributed by atoms with E-state index < -0.39 is 21.6 Å². The fourth-order valence-corrected chi connectivity index (χ4v) is 2.80. The molecule has 1 atom stereocenters. The third-order valence-electron chi connectivity index (χ3n) is 3.41. The molecule has 2 N–H and O–H groups in total. The van der Waals surface area contributed by atoms with Gasteiger partial charge in [-0.3, -0.25) is 0 Å². The predicted octanol–water partition coefficient (Wildman–Crippen LogP) is 3.05. The summed E-state index contributed by atoms with van der Waals surface area (Å²) in [5, 5.41) is 6.12. The fraction of sp³-hybridized carbons (Fsp3) is 0.500. The van der Waals surface area contributed by atoms with E-state index >= 15 is 0 Å². The van der Waals surface area contributed by atoms with Crippen LogP contribution in [0.25, 0.3) is 0 Å². The van der Waals surface area contributed by atoms with Crippen LogP contribution in [0.1, 0.15) is 31.4 Å². The molecule has 158 valence electrons. The Bertz CT molecular complexity index is 798. The minimum absolute atomic E-state index is 0. The van der Waals surface area contributed by atoms with Crippen LogP contribution in [0.2, 0.25) is 0 Å². The number of hydrogen-bond donors (Lipinski definition) is 2. The molecule has 0 aromatic heterocycles. The quantitative estimate of drug-likeness (QED) is 0.256. The lowest BCUT2D eigenvalue weighted by molar-refractivity contribution is -0.137. The zero-order valence-corrected chi connectivity index (χ0v) is 19.1. The average Bonchev–Trinajstić information content (AvgIpc) is 2.56. The Labute approximate surface area is 181 Å². The van der Waals surface area contributed by atoms with Crippen molar-refractivity contribution in [2.24, 2.45) is 4.99 Å². The summed E-state index contributed by atoms with van der Waals surface area (Å²) in [5.74, 6) is 6.12. The van der Waals surface area contributed by atoms with Gasteiger partial charge in [0, 0.05) is 24.4 Å². The molecule has 0 aliphatic heterocycles. The van der Waals surface area contributed by atoms with E-state index in [0.717, 1.165) is 12.1 Å². The number of hydrogen-bond acceptors (Lipinski definition) is 3. The topological polar surface area (TPSA) is 70.6 Å². The molecular formula is C18H25F3IN3O2S. The molecule has 0 radical (unpaired) electrons. The average molecular weight is 531 g/mol. The molecule has 1 unspecified atom stereocenters. The second-order valence-electron chi connectivity index (χ2n) is 6.04. The number of aliphatic imine (C=N–C) groups is 1. The van der Waals surface area contributed by atoms with E-state index in [9.17, 15) is 21.6 Å². The smallest absolute Gasteiger partial charge is 0.357 e. The summed E-state index contributed by atoms with van der Waals surface area (Å²) in [6.45, 7) is 4.52. The molecule has 0 bridgehead atoms. The van der Waals surface area contributed by atoms with Crippen molar-refractivity contribution in [1.29, 1.82) is 0 Å². The highest BCUT2D eigenvalue weighted by molar-refractivity contribution is 14.0. The SMILES string of the molecule is CCNC(=NCC#Cc1ccc(C(F)(F)F)cc1)NC(C)CCS(C)(=O)=O.I. The van der Waals surface area contributed by atoms with Crippen molar-refractivity contribution < 1.29 is 21.6 Å². The van der Waals surface area contributed by atoms with E-state index in [1.165, 1.54) is 18.4 Å². The van der Waals surface area contributed by atoms with Crippen LogP contribution in [-0.4, -0.2) is 45.5 Å². The van der Waals surface area contributed by atoms with Crippen molar-refractivity contribution in [3.05, 3.63) is 35.4 Å². The van der Waals surface area contributed by atoms with Gasteiger partial charge in [0.2, 0.25) is 0 Å². The first-order valence-electron chi connectivity index (χ1n) is 8.40. The monoisotopic (exact) mass is 531 g/mol. The summed E-state index contributed by atoms with van der Waals surface area (Å²) in [5.41, 5.74) is -0.245. The summed E-state index contributed by atoms with van der Waals surface area (Å²) in [7, 11) is -3.02. The van der Waals surface area contributed by atoms with E-state index in [4.69, 9.17) is 0 Å². The van der Waals surface area contributed by atoms with Crippen LogP contribution in [0.15, 0.2) is 29.3 Å². The highest BCUT2D eigenvalue weighted by atomic mass is 127. The van der Waals surface area contributed by atoms with E-state index in [1.807, 2.05) is 13.8 Å². The molecule has 0 saturated heterocycles. The molecule has 0 amide bonds. The third kappa shape index (κ3) is 11.4. The van der Waals surface area contributed by atoms with Crippen LogP contribution in [0.4, 0.5) is 13.2 Å². The number of rotatable bonds is 6. The molecule has 28 heavy (non-hydrogen) atoms. The Morgan fingerprint density at radius 3 is 2.36 bits per heavy atom. The minimum Gasteiger partial charge on any atom is -0.357 e. The van der Waals surface area contributed by atoms with Crippen molar-refractivity contribution in [3.8, 4) is 11.8 Å². The van der Waals surface area contributed by atoms with E-state index in [1.54, 1.807) is 0 Å². The number of guanidine groups is 1. The molecule has 1 rings (SSSR count). The first-order valence-corrected chi connectivity index (χ1v) is 10.5. The maximum absolute atomic E-state index is 12.5. The largest absolute Gasteiger partial charge is 0.416 e. The summed E-state index contributed by atoms with van der Waals surface area (Å²) < 4.78 is 60.0. The Kier molecular flexibility index (Phi) is 11.5. The molecule has 5 nitrogen and oxygen atoms in total. The van der Waals surface area contributed by atoms with Gasteiger partial charge in [0.05, 0.1) is 11.3 Å². The van der Waals surface area contributed by atoms with Crippen LogP contribution in [0.5, 0.6) is 0 Å². The van der Waals surface area contributed by atoms with E-state index in [0.29, 0.717) is 24.5 Å². The number of nitrogens with zero attached hydrogens (tertiary/aromatic N) is 1. The van der Waals surface area contributed by atoms with E-state index in [-0.39, 0.29) is 42.3 Å². The molecule has 1 aromatic carbocycles. The molecule has 10 heteroatoms. The van der Waals surface area contributed by atoms with Gasteiger partial charge in [-0.05, 0) is 44.5 Å². The van der Waals surface area contributed by atoms with Crippen molar-refractivity contribution in [3.63, 3.8) is 0 Å². The second-order valence-corrected chi connectivity index (χ2v) is 8.30. The Morgan fingerprint density at radius 2 is 1.86 bits per heavy atom. The Morgan fingerprint density at radius 1 is 1.25 bits per heavy atom. The number of nitrogens with one attached hydrogen (secondary N) is 2. The van der Waals surface area contributed by atoms with Gasteiger partial charge in [-0.2, -0.15) is 13.2 Å². The second kappa shape index (κ2) is 12.2. The van der Waals surface area contributed by atoms with Gasteiger partial charge in [-0.15, -0.1) is 24.0 Å². The fourth-order valence-electron chi connectivity index (χ4n) is 2.02. The van der Waals surface area contributed by atoms with Gasteiger partial charge in [-0.25, -0.2) is 13.4 Å². The van der Waals surface area contributed by atoms with E-state index in [2.05, 4.69) is 27.5 Å². The van der Waals surface area contributed by atoms with Crippen LogP contribution >= 0.6 is 24.0 Å². The maximum Gasteiger partial charge on any atom is 0.416 e. The summed E-state index contributed by atoms with van der Waals surface area (Å²) >= 11 is 0. The Hall–Kier alpha value is -1.48. The molecule has 0 saturated carbocycles. The van der Waals surface area contributed by atoms with Crippen LogP contribution in [-0.2, 0) is 16.0 Å². The lowest BCUT2D eigenvalue weighted by Gasteiger charge is -2.17. The molecule has 0 fully saturated rings. The van der Waals surface area contributed by atoms with Crippen molar-refractivity contribution in [1.82, 2.24) is 10.6 Å². The molecule has 0 aliphatic rings. The zero-order chi connectivity index (χ0) is 20.5. The lowest BCUT2D eigenvalue weighted by Crippen LogP contribution is -2.42. The summed E-state index contributed by atoms with van der Waals surface area (Å²) in [6.07, 6.45) is -2.73. The number of halogens is 4. The summed E-state index contributed by atoms with van der Waals surface area (Å²) in [4.78, 5) is 4.26. The number of benzene rings is 1. The Balaban J connectivity index is 0.00000729. The van der Waals surface area contributed by atoms with Crippen LogP contribution in [0, 0.1) is 11.8 Å². The van der Waals surface area contributed by atoms with Crippen molar-refractivity contribution >= 4 is 39.8 Å².